The van der Waals surface area contributed by atoms with Crippen LogP contribution < -0.4 is 10.2 Å². The molecule has 27 heavy (non-hydrogen) atoms. The van der Waals surface area contributed by atoms with Gasteiger partial charge in [-0.3, -0.25) is 0 Å². The number of hydrogen-bond donors (Lipinski definition) is 2. The minimum absolute atomic E-state index is 0.170. The lowest BCUT2D eigenvalue weighted by molar-refractivity contribution is 0.190. The van der Waals surface area contributed by atoms with Gasteiger partial charge in [-0.1, -0.05) is 6.07 Å². The first kappa shape index (κ1) is 18.2. The first-order valence-corrected chi connectivity index (χ1v) is 11.3. The van der Waals surface area contributed by atoms with Crippen molar-refractivity contribution in [2.24, 2.45) is 0 Å². The molecule has 1 saturated carbocycles. The number of aromatic amines is 1. The van der Waals surface area contributed by atoms with E-state index in [9.17, 15) is 13.2 Å². The van der Waals surface area contributed by atoms with Gasteiger partial charge in [0.2, 0.25) is 0 Å². The molecule has 2 fully saturated rings. The third-order valence-electron chi connectivity index (χ3n) is 6.09. The normalized spacial score (nSPS) is 20.5. The minimum atomic E-state index is -3.17. The molecule has 1 atom stereocenters. The van der Waals surface area contributed by atoms with Crippen LogP contribution in [0.15, 0.2) is 30.5 Å². The molecule has 1 unspecified atom stereocenters. The Kier molecular flexibility index (Phi) is 4.33. The number of aromatic nitrogens is 1. The minimum Gasteiger partial charge on any atom is -0.367 e. The zero-order valence-electron chi connectivity index (χ0n) is 15.7. The highest BCUT2D eigenvalue weighted by Crippen LogP contribution is 2.46. The summed E-state index contributed by atoms with van der Waals surface area (Å²) < 4.78 is 23.3. The highest BCUT2D eigenvalue weighted by Gasteiger charge is 2.56. The van der Waals surface area contributed by atoms with Crippen molar-refractivity contribution in [3.8, 4) is 0 Å². The van der Waals surface area contributed by atoms with Crippen molar-refractivity contribution in [1.29, 1.82) is 0 Å². The van der Waals surface area contributed by atoms with Crippen LogP contribution in [0.25, 0.3) is 10.9 Å². The number of benzene rings is 1. The van der Waals surface area contributed by atoms with E-state index in [1.807, 2.05) is 12.3 Å². The number of nitrogens with zero attached hydrogens (tertiary/aromatic N) is 2. The highest BCUT2D eigenvalue weighted by molar-refractivity contribution is 7.92. The molecule has 7 nitrogen and oxygen atoms in total. The van der Waals surface area contributed by atoms with Crippen LogP contribution in [0.2, 0.25) is 0 Å². The molecule has 8 heteroatoms. The predicted molar refractivity (Wildman–Crippen MR) is 107 cm³/mol. The summed E-state index contributed by atoms with van der Waals surface area (Å²) in [6.07, 6.45) is 4.46. The summed E-state index contributed by atoms with van der Waals surface area (Å²) in [5.74, 6) is 0. The van der Waals surface area contributed by atoms with Crippen LogP contribution >= 0.6 is 0 Å². The molecule has 2 amide bonds. The average molecular weight is 391 g/mol. The van der Waals surface area contributed by atoms with Gasteiger partial charge in [0.1, 0.15) is 0 Å². The number of piperazine rings is 1. The quantitative estimate of drug-likeness (QED) is 0.836. The summed E-state index contributed by atoms with van der Waals surface area (Å²) >= 11 is 0. The molecular weight excluding hydrogens is 364 g/mol. The van der Waals surface area contributed by atoms with Crippen LogP contribution in [-0.2, 0) is 9.84 Å². The highest BCUT2D eigenvalue weighted by atomic mass is 32.2. The number of nitrogens with one attached hydrogen (secondary N) is 2. The molecule has 0 radical (unpaired) electrons. The molecule has 0 spiro atoms. The number of rotatable bonds is 4. The number of amides is 2. The lowest BCUT2D eigenvalue weighted by atomic mass is 10.1. The van der Waals surface area contributed by atoms with Crippen LogP contribution in [-0.4, -0.2) is 67.6 Å². The molecule has 1 aliphatic heterocycles. The van der Waals surface area contributed by atoms with Crippen molar-refractivity contribution in [2.75, 3.05) is 37.3 Å². The van der Waals surface area contributed by atoms with E-state index in [1.165, 1.54) is 17.3 Å². The molecule has 146 valence electrons. The van der Waals surface area contributed by atoms with Gasteiger partial charge in [-0.2, -0.15) is 0 Å². The Morgan fingerprint density at radius 3 is 2.52 bits per heavy atom. The molecule has 1 saturated heterocycles. The fourth-order valence-corrected chi connectivity index (χ4v) is 5.70. The van der Waals surface area contributed by atoms with E-state index in [2.05, 4.69) is 33.4 Å². The summed E-state index contributed by atoms with van der Waals surface area (Å²) in [6.45, 7) is 4.54. The smallest absolute Gasteiger partial charge is 0.317 e. The molecule has 1 aromatic carbocycles. The zero-order chi connectivity index (χ0) is 19.2. The van der Waals surface area contributed by atoms with Crippen molar-refractivity contribution in [3.05, 3.63) is 30.5 Å². The largest absolute Gasteiger partial charge is 0.367 e. The summed E-state index contributed by atoms with van der Waals surface area (Å²) in [6, 6.07) is 7.74. The van der Waals surface area contributed by atoms with E-state index < -0.39 is 14.6 Å². The van der Waals surface area contributed by atoms with Gasteiger partial charge in [0.05, 0.1) is 4.75 Å². The third kappa shape index (κ3) is 3.16. The predicted octanol–water partition coefficient (Wildman–Crippen LogP) is 1.97. The molecule has 0 bridgehead atoms. The Morgan fingerprint density at radius 2 is 1.89 bits per heavy atom. The van der Waals surface area contributed by atoms with Gasteiger partial charge < -0.3 is 20.1 Å². The summed E-state index contributed by atoms with van der Waals surface area (Å²) in [7, 11) is -3.17. The van der Waals surface area contributed by atoms with Crippen LogP contribution in [0.1, 0.15) is 19.8 Å². The van der Waals surface area contributed by atoms with Crippen molar-refractivity contribution in [2.45, 2.75) is 30.6 Å². The first-order valence-electron chi connectivity index (χ1n) is 9.38. The number of carbonyl (C=O) groups is 1. The number of carbonyl (C=O) groups excluding carboxylic acids is 1. The van der Waals surface area contributed by atoms with E-state index in [0.29, 0.717) is 25.9 Å². The lowest BCUT2D eigenvalue weighted by Crippen LogP contribution is -2.56. The van der Waals surface area contributed by atoms with Gasteiger partial charge in [0.25, 0.3) is 0 Å². The second kappa shape index (κ2) is 6.44. The fourth-order valence-electron chi connectivity index (χ4n) is 4.15. The molecular formula is C19H26N4O3S. The summed E-state index contributed by atoms with van der Waals surface area (Å²) in [5, 5.41) is 4.11. The summed E-state index contributed by atoms with van der Waals surface area (Å²) in [5.41, 5.74) is 2.29. The Morgan fingerprint density at radius 1 is 1.19 bits per heavy atom. The van der Waals surface area contributed by atoms with Gasteiger partial charge in [-0.25, -0.2) is 13.2 Å². The van der Waals surface area contributed by atoms with Gasteiger partial charge >= 0.3 is 6.03 Å². The van der Waals surface area contributed by atoms with Crippen LogP contribution in [0, 0.1) is 0 Å². The Bertz CT molecular complexity index is 956. The molecule has 2 N–H and O–H groups in total. The number of hydrogen-bond acceptors (Lipinski definition) is 4. The van der Waals surface area contributed by atoms with Crippen molar-refractivity contribution >= 4 is 32.5 Å². The average Bonchev–Trinajstić information content (AvgIpc) is 3.33. The van der Waals surface area contributed by atoms with Crippen molar-refractivity contribution in [1.82, 2.24) is 15.2 Å². The topological polar surface area (TPSA) is 85.5 Å². The zero-order valence-corrected chi connectivity index (χ0v) is 16.6. The van der Waals surface area contributed by atoms with Gasteiger partial charge in [-0.15, -0.1) is 0 Å². The van der Waals surface area contributed by atoms with Crippen molar-refractivity contribution < 1.29 is 13.2 Å². The van der Waals surface area contributed by atoms with E-state index in [-0.39, 0.29) is 12.1 Å². The first-order chi connectivity index (χ1) is 12.8. The maximum absolute atomic E-state index is 12.6. The third-order valence-corrected chi connectivity index (χ3v) is 8.33. The molecule has 2 aliphatic rings. The van der Waals surface area contributed by atoms with E-state index in [4.69, 9.17) is 0 Å². The fraction of sp³-hybridized carbons (Fsp3) is 0.526. The van der Waals surface area contributed by atoms with E-state index in [0.717, 1.165) is 18.6 Å². The lowest BCUT2D eigenvalue weighted by Gasteiger charge is -2.37. The van der Waals surface area contributed by atoms with Gasteiger partial charge in [0, 0.05) is 61.3 Å². The number of H-pyrrole nitrogens is 1. The summed E-state index contributed by atoms with van der Waals surface area (Å²) in [4.78, 5) is 19.9. The Labute approximate surface area is 159 Å². The Balaban J connectivity index is 1.38. The maximum Gasteiger partial charge on any atom is 0.317 e. The second-order valence-electron chi connectivity index (χ2n) is 7.70. The molecule has 1 aromatic heterocycles. The van der Waals surface area contributed by atoms with Crippen LogP contribution in [0.3, 0.4) is 0 Å². The van der Waals surface area contributed by atoms with Gasteiger partial charge in [0.15, 0.2) is 9.84 Å². The maximum atomic E-state index is 12.6. The van der Waals surface area contributed by atoms with Crippen molar-refractivity contribution in [3.63, 3.8) is 0 Å². The van der Waals surface area contributed by atoms with E-state index in [1.54, 1.807) is 11.8 Å². The monoisotopic (exact) mass is 390 g/mol. The number of fused-ring (bicyclic) bond motifs is 1. The number of anilines is 1. The Hall–Kier alpha value is -2.22. The number of urea groups is 1. The molecule has 2 heterocycles. The SMILES string of the molecule is CC(NC(=O)N1CCN(c2cccc3[nH]ccc23)CC1)C1(S(C)(=O)=O)CC1. The standard InChI is InChI=1S/C19H26N4O3S/c1-14(19(7-8-19)27(2,25)26)21-18(24)23-12-10-22(11-13-23)17-5-3-4-16-15(17)6-9-20-16/h3-6,9,14,20H,7-8,10-13H2,1-2H3,(H,21,24). The second-order valence-corrected chi connectivity index (χ2v) is 10.1. The van der Waals surface area contributed by atoms with E-state index >= 15 is 0 Å². The number of sulfone groups is 1. The molecule has 4 rings (SSSR count). The van der Waals surface area contributed by atoms with Crippen LogP contribution in [0.4, 0.5) is 10.5 Å². The molecule has 2 aromatic rings. The van der Waals surface area contributed by atoms with Crippen LogP contribution in [0.5, 0.6) is 0 Å². The van der Waals surface area contributed by atoms with Gasteiger partial charge in [-0.05, 0) is 38.0 Å². The molecule has 1 aliphatic carbocycles.